The van der Waals surface area contributed by atoms with Crippen molar-refractivity contribution in [3.8, 4) is 0 Å². The van der Waals surface area contributed by atoms with Gasteiger partial charge in [-0.1, -0.05) is 34.7 Å². The maximum Gasteiger partial charge on any atom is 0.176 e. The van der Waals surface area contributed by atoms with Crippen molar-refractivity contribution >= 4 is 37.3 Å². The molecule has 1 rings (SSSR count). The molecule has 14 heavy (non-hydrogen) atoms. The van der Waals surface area contributed by atoms with Crippen LogP contribution in [0.4, 0.5) is 4.39 Å². The second-order valence-corrected chi connectivity index (χ2v) is 5.36. The highest BCUT2D eigenvalue weighted by Gasteiger charge is 2.12. The van der Waals surface area contributed by atoms with Gasteiger partial charge in [0.05, 0.1) is 4.91 Å². The first-order valence-corrected chi connectivity index (χ1v) is 6.85. The molecule has 0 aliphatic rings. The molecule has 0 aliphatic carbocycles. The zero-order chi connectivity index (χ0) is 10.8. The van der Waals surface area contributed by atoms with Crippen LogP contribution in [-0.4, -0.2) is 14.7 Å². The zero-order valence-electron chi connectivity index (χ0n) is 7.37. The summed E-state index contributed by atoms with van der Waals surface area (Å²) in [6.45, 7) is 0. The van der Waals surface area contributed by atoms with Gasteiger partial charge in [-0.2, -0.15) is 0 Å². The molecule has 0 atom stereocenters. The Labute approximate surface area is 95.9 Å². The Morgan fingerprint density at radius 1 is 1.36 bits per heavy atom. The van der Waals surface area contributed by atoms with Crippen LogP contribution in [0.15, 0.2) is 28.3 Å². The summed E-state index contributed by atoms with van der Waals surface area (Å²) in [5.74, 6) is -0.380. The van der Waals surface area contributed by atoms with Crippen LogP contribution in [0.25, 0.3) is 4.91 Å². The van der Waals surface area contributed by atoms with Gasteiger partial charge >= 0.3 is 0 Å². The predicted molar refractivity (Wildman–Crippen MR) is 63.2 cm³/mol. The van der Waals surface area contributed by atoms with Crippen LogP contribution >= 0.6 is 22.6 Å². The Kier molecular flexibility index (Phi) is 3.65. The lowest BCUT2D eigenvalue weighted by Gasteiger charge is -2.03. The highest BCUT2D eigenvalue weighted by molar-refractivity contribution is 14.1. The fraction of sp³-hybridized carbons (Fsp3) is 0.111. The molecule has 76 valence electrons. The molecule has 0 amide bonds. The summed E-state index contributed by atoms with van der Waals surface area (Å²) in [4.78, 5) is 0.207. The number of sulfone groups is 1. The number of halogens is 2. The van der Waals surface area contributed by atoms with Gasteiger partial charge in [-0.05, 0) is 21.8 Å². The van der Waals surface area contributed by atoms with E-state index in [-0.39, 0.29) is 10.7 Å². The molecule has 0 fully saturated rings. The molecule has 0 saturated carbocycles. The zero-order valence-corrected chi connectivity index (χ0v) is 10.3. The van der Waals surface area contributed by atoms with Crippen LogP contribution in [0.1, 0.15) is 5.56 Å². The number of hydrogen-bond acceptors (Lipinski definition) is 2. The largest absolute Gasteiger partial charge is 0.224 e. The average Bonchev–Trinajstić information content (AvgIpc) is 2.07. The fourth-order valence-electron chi connectivity index (χ4n) is 0.972. The van der Waals surface area contributed by atoms with Crippen molar-refractivity contribution < 1.29 is 12.8 Å². The van der Waals surface area contributed by atoms with Crippen molar-refractivity contribution in [2.75, 3.05) is 6.26 Å². The average molecular weight is 326 g/mol. The maximum atomic E-state index is 12.6. The lowest BCUT2D eigenvalue weighted by atomic mass is 10.2. The standard InChI is InChI=1S/C9H8FIO2S/c1-14(12,13)9(6-11)7-2-4-8(10)5-3-7/h2-6H,1H3/b9-6-. The van der Waals surface area contributed by atoms with Gasteiger partial charge in [-0.3, -0.25) is 0 Å². The summed E-state index contributed by atoms with van der Waals surface area (Å²) >= 11 is 1.85. The number of hydrogen-bond donors (Lipinski definition) is 0. The molecule has 0 spiro atoms. The summed E-state index contributed by atoms with van der Waals surface area (Å²) < 4.78 is 36.6. The molecule has 1 aromatic carbocycles. The molecule has 0 aromatic heterocycles. The van der Waals surface area contributed by atoms with E-state index in [1.807, 2.05) is 22.6 Å². The van der Waals surface area contributed by atoms with Crippen LogP contribution in [0.3, 0.4) is 0 Å². The Hall–Kier alpha value is -0.430. The molecule has 1 aromatic rings. The van der Waals surface area contributed by atoms with Crippen LogP contribution < -0.4 is 0 Å². The van der Waals surface area contributed by atoms with Gasteiger partial charge in [0.2, 0.25) is 0 Å². The van der Waals surface area contributed by atoms with Gasteiger partial charge in [0.25, 0.3) is 0 Å². The van der Waals surface area contributed by atoms with Crippen molar-refractivity contribution in [2.45, 2.75) is 0 Å². The van der Waals surface area contributed by atoms with Crippen molar-refractivity contribution in [2.24, 2.45) is 0 Å². The van der Waals surface area contributed by atoms with Crippen LogP contribution in [0.2, 0.25) is 0 Å². The molecule has 0 aliphatic heterocycles. The summed E-state index contributed by atoms with van der Waals surface area (Å²) in [5, 5.41) is 0. The van der Waals surface area contributed by atoms with E-state index >= 15 is 0 Å². The van der Waals surface area contributed by atoms with Crippen LogP contribution in [0, 0.1) is 5.82 Å². The Balaban J connectivity index is 3.23. The summed E-state index contributed by atoms with van der Waals surface area (Å²) in [7, 11) is -3.25. The lowest BCUT2D eigenvalue weighted by molar-refractivity contribution is 0.611. The molecule has 5 heteroatoms. The van der Waals surface area contributed by atoms with E-state index in [1.165, 1.54) is 28.3 Å². The second kappa shape index (κ2) is 4.39. The van der Waals surface area contributed by atoms with Crippen molar-refractivity contribution in [1.29, 1.82) is 0 Å². The molecule has 0 heterocycles. The van der Waals surface area contributed by atoms with Crippen LogP contribution in [0.5, 0.6) is 0 Å². The van der Waals surface area contributed by atoms with Gasteiger partial charge in [0.1, 0.15) is 5.82 Å². The van der Waals surface area contributed by atoms with E-state index in [2.05, 4.69) is 0 Å². The third kappa shape index (κ3) is 2.78. The molecule has 0 bridgehead atoms. The first-order chi connectivity index (χ1) is 6.45. The van der Waals surface area contributed by atoms with E-state index in [0.29, 0.717) is 5.56 Å². The van der Waals surface area contributed by atoms with E-state index in [1.54, 1.807) is 0 Å². The van der Waals surface area contributed by atoms with Gasteiger partial charge < -0.3 is 0 Å². The summed E-state index contributed by atoms with van der Waals surface area (Å²) in [6, 6.07) is 5.36. The van der Waals surface area contributed by atoms with E-state index < -0.39 is 9.84 Å². The van der Waals surface area contributed by atoms with Crippen molar-refractivity contribution in [3.63, 3.8) is 0 Å². The molecule has 0 radical (unpaired) electrons. The summed E-state index contributed by atoms with van der Waals surface area (Å²) in [5.41, 5.74) is 0.503. The third-order valence-corrected chi connectivity index (χ3v) is 3.83. The van der Waals surface area contributed by atoms with Gasteiger partial charge in [0, 0.05) is 6.26 Å². The number of rotatable bonds is 2. The topological polar surface area (TPSA) is 34.1 Å². The number of benzene rings is 1. The third-order valence-electron chi connectivity index (χ3n) is 1.63. The van der Waals surface area contributed by atoms with Gasteiger partial charge in [0.15, 0.2) is 9.84 Å². The van der Waals surface area contributed by atoms with Gasteiger partial charge in [-0.25, -0.2) is 12.8 Å². The van der Waals surface area contributed by atoms with E-state index in [9.17, 15) is 12.8 Å². The molecular formula is C9H8FIO2S. The summed E-state index contributed by atoms with van der Waals surface area (Å²) in [6.07, 6.45) is 1.13. The van der Waals surface area contributed by atoms with Crippen LogP contribution in [-0.2, 0) is 9.84 Å². The fourth-order valence-corrected chi connectivity index (χ4v) is 3.44. The minimum atomic E-state index is -3.25. The van der Waals surface area contributed by atoms with Gasteiger partial charge in [-0.15, -0.1) is 0 Å². The highest BCUT2D eigenvalue weighted by Crippen LogP contribution is 2.21. The molecular weight excluding hydrogens is 318 g/mol. The Bertz CT molecular complexity index is 448. The monoisotopic (exact) mass is 326 g/mol. The highest BCUT2D eigenvalue weighted by atomic mass is 127. The SMILES string of the molecule is CS(=O)(=O)/C(=C\I)c1ccc(F)cc1. The predicted octanol–water partition coefficient (Wildman–Crippen LogP) is 2.60. The first kappa shape index (κ1) is 11.6. The first-order valence-electron chi connectivity index (χ1n) is 3.71. The smallest absolute Gasteiger partial charge is 0.176 e. The maximum absolute atomic E-state index is 12.6. The normalized spacial score (nSPS) is 12.9. The quantitative estimate of drug-likeness (QED) is 0.783. The molecule has 2 nitrogen and oxygen atoms in total. The minimum Gasteiger partial charge on any atom is -0.224 e. The minimum absolute atomic E-state index is 0.207. The Morgan fingerprint density at radius 3 is 2.21 bits per heavy atom. The second-order valence-electron chi connectivity index (χ2n) is 2.75. The van der Waals surface area contributed by atoms with E-state index in [0.717, 1.165) is 6.26 Å². The Morgan fingerprint density at radius 2 is 1.86 bits per heavy atom. The molecule has 0 saturated heterocycles. The lowest BCUT2D eigenvalue weighted by Crippen LogP contribution is -1.99. The van der Waals surface area contributed by atoms with E-state index in [4.69, 9.17) is 0 Å². The molecule has 0 N–H and O–H groups in total. The van der Waals surface area contributed by atoms with Crippen molar-refractivity contribution in [1.82, 2.24) is 0 Å². The van der Waals surface area contributed by atoms with Crippen molar-refractivity contribution in [3.05, 3.63) is 39.7 Å². The molecule has 0 unspecified atom stereocenters.